The van der Waals surface area contributed by atoms with Crippen molar-refractivity contribution in [2.75, 3.05) is 13.7 Å². The Kier molecular flexibility index (Phi) is 3.50. The van der Waals surface area contributed by atoms with Crippen LogP contribution in [-0.2, 0) is 12.8 Å². The molecule has 0 spiro atoms. The van der Waals surface area contributed by atoms with Gasteiger partial charge in [0, 0.05) is 0 Å². The lowest BCUT2D eigenvalue weighted by Crippen LogP contribution is -2.33. The number of methoxy groups -OCH3 is 1. The van der Waals surface area contributed by atoms with Gasteiger partial charge in [-0.05, 0) is 60.6 Å². The normalized spacial score (nSPS) is 30.6. The van der Waals surface area contributed by atoms with Gasteiger partial charge in [0.25, 0.3) is 0 Å². The Morgan fingerprint density at radius 1 is 1.32 bits per heavy atom. The molecule has 1 fully saturated rings. The van der Waals surface area contributed by atoms with E-state index >= 15 is 0 Å². The number of rotatable bonds is 3. The summed E-state index contributed by atoms with van der Waals surface area (Å²) < 4.78 is 5.47. The minimum Gasteiger partial charge on any atom is -0.496 e. The summed E-state index contributed by atoms with van der Waals surface area (Å²) in [7, 11) is 1.73. The van der Waals surface area contributed by atoms with Crippen molar-refractivity contribution in [1.82, 2.24) is 0 Å². The highest BCUT2D eigenvalue weighted by molar-refractivity contribution is 5.42. The average Bonchev–Trinajstić information content (AvgIpc) is 2.86. The van der Waals surface area contributed by atoms with Gasteiger partial charge in [0.2, 0.25) is 0 Å². The van der Waals surface area contributed by atoms with Crippen LogP contribution in [0, 0.1) is 17.8 Å². The van der Waals surface area contributed by atoms with Crippen LogP contribution in [0.3, 0.4) is 0 Å². The lowest BCUT2D eigenvalue weighted by atomic mass is 9.73. The number of hydrogen-bond acceptors (Lipinski definition) is 3. The van der Waals surface area contributed by atoms with E-state index in [1.807, 2.05) is 12.1 Å². The predicted octanol–water partition coefficient (Wildman–Crippen LogP) is 1.79. The molecule has 1 saturated carbocycles. The summed E-state index contributed by atoms with van der Waals surface area (Å²) in [6, 6.07) is 6.26. The van der Waals surface area contributed by atoms with E-state index in [1.54, 1.807) is 7.11 Å². The van der Waals surface area contributed by atoms with E-state index in [1.165, 1.54) is 11.1 Å². The third-order valence-corrected chi connectivity index (χ3v) is 5.08. The van der Waals surface area contributed by atoms with Crippen molar-refractivity contribution in [3.05, 3.63) is 29.3 Å². The van der Waals surface area contributed by atoms with Gasteiger partial charge in [-0.1, -0.05) is 12.1 Å². The molecule has 1 aromatic rings. The van der Waals surface area contributed by atoms with Crippen molar-refractivity contribution >= 4 is 0 Å². The molecule has 104 valence electrons. The first-order valence-corrected chi connectivity index (χ1v) is 7.18. The lowest BCUT2D eigenvalue weighted by Gasteiger charge is -2.33. The van der Waals surface area contributed by atoms with Crippen LogP contribution in [0.1, 0.15) is 24.0 Å². The molecule has 0 bridgehead atoms. The van der Waals surface area contributed by atoms with Gasteiger partial charge in [-0.25, -0.2) is 0 Å². The second-order valence-electron chi connectivity index (χ2n) is 5.92. The Morgan fingerprint density at radius 3 is 2.89 bits per heavy atom. The Hall–Kier alpha value is -1.06. The first kappa shape index (κ1) is 12.9. The van der Waals surface area contributed by atoms with Crippen LogP contribution in [0.2, 0.25) is 0 Å². The predicted molar refractivity (Wildman–Crippen MR) is 73.2 cm³/mol. The molecular weight excluding hydrogens is 240 g/mol. The minimum atomic E-state index is -0.554. The second-order valence-corrected chi connectivity index (χ2v) is 5.92. The molecule has 0 heterocycles. The number of ether oxygens (including phenoxy) is 1. The van der Waals surface area contributed by atoms with E-state index in [9.17, 15) is 10.2 Å². The second kappa shape index (κ2) is 5.14. The molecule has 3 heteroatoms. The Balaban J connectivity index is 1.88. The molecule has 3 rings (SSSR count). The third kappa shape index (κ3) is 2.15. The lowest BCUT2D eigenvalue weighted by molar-refractivity contribution is 0.0263. The van der Waals surface area contributed by atoms with E-state index in [0.29, 0.717) is 11.8 Å². The molecule has 0 aliphatic heterocycles. The van der Waals surface area contributed by atoms with Gasteiger partial charge >= 0.3 is 0 Å². The standard InChI is InChI=1S/C16H22O3/c1-19-16-4-2-3-10-7-13-11(8-14(10)16)5-6-12(13)15(18)9-17/h2-4,11-13,15,17-18H,5-9H2,1H3. The van der Waals surface area contributed by atoms with Crippen LogP contribution in [0.4, 0.5) is 0 Å². The van der Waals surface area contributed by atoms with Gasteiger partial charge in [0.05, 0.1) is 19.8 Å². The summed E-state index contributed by atoms with van der Waals surface area (Å²) in [5.41, 5.74) is 2.71. The van der Waals surface area contributed by atoms with Gasteiger partial charge < -0.3 is 14.9 Å². The maximum absolute atomic E-state index is 9.97. The molecule has 2 aliphatic rings. The molecule has 2 aliphatic carbocycles. The zero-order valence-corrected chi connectivity index (χ0v) is 11.4. The fraction of sp³-hybridized carbons (Fsp3) is 0.625. The third-order valence-electron chi connectivity index (χ3n) is 5.08. The van der Waals surface area contributed by atoms with Crippen LogP contribution >= 0.6 is 0 Å². The number of aliphatic hydroxyl groups excluding tert-OH is 2. The van der Waals surface area contributed by atoms with Crippen molar-refractivity contribution in [1.29, 1.82) is 0 Å². The zero-order valence-electron chi connectivity index (χ0n) is 11.4. The molecule has 0 amide bonds. The molecule has 2 N–H and O–H groups in total. The topological polar surface area (TPSA) is 49.7 Å². The van der Waals surface area contributed by atoms with E-state index in [-0.39, 0.29) is 12.5 Å². The van der Waals surface area contributed by atoms with Gasteiger partial charge in [0.15, 0.2) is 0 Å². The maximum Gasteiger partial charge on any atom is 0.122 e. The molecule has 0 radical (unpaired) electrons. The minimum absolute atomic E-state index is 0.112. The van der Waals surface area contributed by atoms with Crippen LogP contribution < -0.4 is 4.74 Å². The summed E-state index contributed by atoms with van der Waals surface area (Å²) in [6.07, 6.45) is 3.71. The average molecular weight is 262 g/mol. The summed E-state index contributed by atoms with van der Waals surface area (Å²) >= 11 is 0. The number of aliphatic hydroxyl groups is 2. The molecule has 3 nitrogen and oxygen atoms in total. The van der Waals surface area contributed by atoms with Gasteiger partial charge in [0.1, 0.15) is 5.75 Å². The van der Waals surface area contributed by atoms with Gasteiger partial charge in [-0.2, -0.15) is 0 Å². The van der Waals surface area contributed by atoms with Gasteiger partial charge in [-0.3, -0.25) is 0 Å². The number of fused-ring (bicyclic) bond motifs is 2. The first-order valence-electron chi connectivity index (χ1n) is 7.18. The van der Waals surface area contributed by atoms with Crippen molar-refractivity contribution in [2.45, 2.75) is 31.8 Å². The van der Waals surface area contributed by atoms with Crippen LogP contribution in [-0.4, -0.2) is 30.0 Å². The molecular formula is C16H22O3. The van der Waals surface area contributed by atoms with Crippen molar-refractivity contribution in [3.63, 3.8) is 0 Å². The Bertz CT molecular complexity index is 457. The van der Waals surface area contributed by atoms with Crippen LogP contribution in [0.15, 0.2) is 18.2 Å². The first-order chi connectivity index (χ1) is 9.24. The van der Waals surface area contributed by atoms with E-state index < -0.39 is 6.10 Å². The maximum atomic E-state index is 9.97. The number of benzene rings is 1. The number of hydrogen-bond donors (Lipinski definition) is 2. The molecule has 1 aromatic carbocycles. The highest BCUT2D eigenvalue weighted by atomic mass is 16.5. The summed E-state index contributed by atoms with van der Waals surface area (Å²) in [4.78, 5) is 0. The quantitative estimate of drug-likeness (QED) is 0.873. The fourth-order valence-corrected chi connectivity index (χ4v) is 4.11. The molecule has 0 saturated heterocycles. The SMILES string of the molecule is COc1cccc2c1CC1CCC(C(O)CO)C1C2. The van der Waals surface area contributed by atoms with Crippen LogP contribution in [0.5, 0.6) is 5.75 Å². The summed E-state index contributed by atoms with van der Waals surface area (Å²) in [5.74, 6) is 2.41. The van der Waals surface area contributed by atoms with Crippen molar-refractivity contribution in [3.8, 4) is 5.75 Å². The van der Waals surface area contributed by atoms with E-state index in [4.69, 9.17) is 4.74 Å². The molecule has 0 aromatic heterocycles. The smallest absolute Gasteiger partial charge is 0.122 e. The van der Waals surface area contributed by atoms with E-state index in [0.717, 1.165) is 31.4 Å². The Morgan fingerprint density at radius 2 is 2.16 bits per heavy atom. The van der Waals surface area contributed by atoms with E-state index in [2.05, 4.69) is 6.07 Å². The van der Waals surface area contributed by atoms with Crippen molar-refractivity contribution in [2.24, 2.45) is 17.8 Å². The molecule has 4 unspecified atom stereocenters. The van der Waals surface area contributed by atoms with Crippen molar-refractivity contribution < 1.29 is 14.9 Å². The largest absolute Gasteiger partial charge is 0.496 e. The Labute approximate surface area is 114 Å². The highest BCUT2D eigenvalue weighted by Crippen LogP contribution is 2.47. The monoisotopic (exact) mass is 262 g/mol. The molecule has 19 heavy (non-hydrogen) atoms. The van der Waals surface area contributed by atoms with Crippen LogP contribution in [0.25, 0.3) is 0 Å². The zero-order chi connectivity index (χ0) is 13.4. The molecule has 4 atom stereocenters. The summed E-state index contributed by atoms with van der Waals surface area (Å²) in [6.45, 7) is -0.112. The summed E-state index contributed by atoms with van der Waals surface area (Å²) in [5, 5.41) is 19.2. The van der Waals surface area contributed by atoms with Gasteiger partial charge in [-0.15, -0.1) is 0 Å². The fourth-order valence-electron chi connectivity index (χ4n) is 4.11. The highest BCUT2D eigenvalue weighted by Gasteiger charge is 2.42.